The van der Waals surface area contributed by atoms with Gasteiger partial charge in [-0.1, -0.05) is 0 Å². The number of aromatic nitrogens is 5. The Morgan fingerprint density at radius 3 is 2.72 bits per heavy atom. The number of carbonyl (C=O) groups is 1. The minimum Gasteiger partial charge on any atom is -0.496 e. The Labute approximate surface area is 225 Å². The monoisotopic (exact) mass is 532 g/mol. The van der Waals surface area contributed by atoms with Crippen molar-refractivity contribution in [3.8, 4) is 34.1 Å². The third-order valence-corrected chi connectivity index (χ3v) is 7.66. The molecule has 204 valence electrons. The topological polar surface area (TPSA) is 120 Å². The van der Waals surface area contributed by atoms with E-state index in [2.05, 4.69) is 9.67 Å². The lowest BCUT2D eigenvalue weighted by Crippen LogP contribution is -2.55. The fourth-order valence-corrected chi connectivity index (χ4v) is 5.61. The lowest BCUT2D eigenvalue weighted by molar-refractivity contribution is -0.110. The first-order valence-corrected chi connectivity index (χ1v) is 12.9. The fourth-order valence-electron chi connectivity index (χ4n) is 5.61. The standard InChI is InChI=1S/C28H32N6O5/c1-28(2)16-39-11-10-32(28)26(35)24-20-8-7-17-12-23(38-4)19(18-14-29-33(15-18)27(36)37)13-22(17)34(20)25(30-24)21-6-5-9-31(21)3/h5-6,9,12-15,27,36-37H,7-8,10-11,16H2,1-4H3. The summed E-state index contributed by atoms with van der Waals surface area (Å²) in [6.07, 6.45) is 4.69. The molecule has 11 nitrogen and oxygen atoms in total. The van der Waals surface area contributed by atoms with Gasteiger partial charge >= 0.3 is 0 Å². The van der Waals surface area contributed by atoms with E-state index in [9.17, 15) is 15.0 Å². The predicted octanol–water partition coefficient (Wildman–Crippen LogP) is 2.54. The van der Waals surface area contributed by atoms with Crippen molar-refractivity contribution >= 4 is 5.91 Å². The highest BCUT2D eigenvalue weighted by molar-refractivity contribution is 5.95. The number of amides is 1. The van der Waals surface area contributed by atoms with Crippen LogP contribution in [-0.4, -0.2) is 77.3 Å². The van der Waals surface area contributed by atoms with Crippen molar-refractivity contribution in [2.75, 3.05) is 26.9 Å². The Balaban J connectivity index is 1.55. The molecule has 0 aliphatic carbocycles. The molecule has 0 spiro atoms. The van der Waals surface area contributed by atoms with Gasteiger partial charge in [-0.3, -0.25) is 9.36 Å². The van der Waals surface area contributed by atoms with E-state index in [1.165, 1.54) is 0 Å². The molecule has 0 atom stereocenters. The number of benzene rings is 1. The van der Waals surface area contributed by atoms with Gasteiger partial charge in [0.1, 0.15) is 5.75 Å². The van der Waals surface area contributed by atoms with Crippen LogP contribution in [0.15, 0.2) is 42.9 Å². The summed E-state index contributed by atoms with van der Waals surface area (Å²) in [5.74, 6) is 1.24. The van der Waals surface area contributed by atoms with Gasteiger partial charge in [-0.25, -0.2) is 9.67 Å². The van der Waals surface area contributed by atoms with E-state index >= 15 is 0 Å². The molecule has 2 aliphatic heterocycles. The summed E-state index contributed by atoms with van der Waals surface area (Å²) in [6, 6.07) is 7.96. The molecule has 1 saturated heterocycles. The zero-order chi connectivity index (χ0) is 27.5. The van der Waals surface area contributed by atoms with Crippen LogP contribution in [0.3, 0.4) is 0 Å². The molecule has 1 aromatic carbocycles. The molecule has 3 aromatic heterocycles. The van der Waals surface area contributed by atoms with Crippen LogP contribution in [0.5, 0.6) is 5.75 Å². The minimum atomic E-state index is -1.75. The lowest BCUT2D eigenvalue weighted by atomic mass is 9.95. The number of ether oxygens (including phenoxy) is 2. The number of aliphatic hydroxyl groups is 2. The molecule has 1 fully saturated rings. The molecule has 0 unspecified atom stereocenters. The van der Waals surface area contributed by atoms with Crippen LogP contribution < -0.4 is 4.74 Å². The number of methoxy groups -OCH3 is 1. The molecule has 6 rings (SSSR count). The zero-order valence-electron chi connectivity index (χ0n) is 22.5. The van der Waals surface area contributed by atoms with Crippen molar-refractivity contribution in [1.82, 2.24) is 28.8 Å². The van der Waals surface area contributed by atoms with Gasteiger partial charge in [0.25, 0.3) is 12.3 Å². The Bertz CT molecular complexity index is 1560. The van der Waals surface area contributed by atoms with Crippen LogP contribution in [-0.2, 0) is 24.6 Å². The summed E-state index contributed by atoms with van der Waals surface area (Å²) >= 11 is 0. The van der Waals surface area contributed by atoms with E-state index < -0.39 is 12.0 Å². The van der Waals surface area contributed by atoms with Crippen LogP contribution in [0.2, 0.25) is 0 Å². The summed E-state index contributed by atoms with van der Waals surface area (Å²) in [5.41, 5.74) is 5.14. The van der Waals surface area contributed by atoms with Crippen molar-refractivity contribution in [3.63, 3.8) is 0 Å². The second-order valence-corrected chi connectivity index (χ2v) is 10.6. The minimum absolute atomic E-state index is 0.0945. The maximum Gasteiger partial charge on any atom is 0.274 e. The highest BCUT2D eigenvalue weighted by atomic mass is 16.5. The highest BCUT2D eigenvalue weighted by Gasteiger charge is 2.38. The molecule has 5 heterocycles. The second-order valence-electron chi connectivity index (χ2n) is 10.6. The van der Waals surface area contributed by atoms with Crippen molar-refractivity contribution < 1.29 is 24.5 Å². The molecular formula is C28H32N6O5. The Morgan fingerprint density at radius 2 is 2.05 bits per heavy atom. The summed E-state index contributed by atoms with van der Waals surface area (Å²) < 4.78 is 16.5. The SMILES string of the molecule is COc1cc2c(cc1-c1cnn(C(O)O)c1)-n1c(-c3cccn3C)nc(C(=O)N3CCOCC3(C)C)c1CC2. The largest absolute Gasteiger partial charge is 0.496 e. The smallest absolute Gasteiger partial charge is 0.274 e. The lowest BCUT2D eigenvalue weighted by Gasteiger charge is -2.41. The van der Waals surface area contributed by atoms with E-state index in [-0.39, 0.29) is 5.91 Å². The van der Waals surface area contributed by atoms with Crippen molar-refractivity contribution in [3.05, 3.63) is 59.8 Å². The molecule has 0 bridgehead atoms. The highest BCUT2D eigenvalue weighted by Crippen LogP contribution is 2.40. The van der Waals surface area contributed by atoms with E-state index in [1.54, 1.807) is 19.5 Å². The second kappa shape index (κ2) is 9.37. The van der Waals surface area contributed by atoms with Crippen LogP contribution in [0.25, 0.3) is 28.3 Å². The summed E-state index contributed by atoms with van der Waals surface area (Å²) in [6.45, 7) is 5.51. The first-order chi connectivity index (χ1) is 18.7. The number of fused-ring (bicyclic) bond motifs is 3. The molecule has 11 heteroatoms. The molecule has 2 aliphatic rings. The average molecular weight is 533 g/mol. The first kappa shape index (κ1) is 25.4. The summed E-state index contributed by atoms with van der Waals surface area (Å²) in [7, 11) is 3.57. The van der Waals surface area contributed by atoms with Crippen molar-refractivity contribution in [1.29, 1.82) is 0 Å². The quantitative estimate of drug-likeness (QED) is 0.379. The van der Waals surface area contributed by atoms with Crippen LogP contribution in [0.4, 0.5) is 0 Å². The van der Waals surface area contributed by atoms with Gasteiger partial charge in [0.15, 0.2) is 11.5 Å². The molecule has 1 amide bonds. The van der Waals surface area contributed by atoms with E-state index in [0.29, 0.717) is 55.4 Å². The summed E-state index contributed by atoms with van der Waals surface area (Å²) in [4.78, 5) is 20.9. The number of hydrogen-bond donors (Lipinski definition) is 2. The van der Waals surface area contributed by atoms with Gasteiger partial charge in [-0.2, -0.15) is 5.10 Å². The van der Waals surface area contributed by atoms with Crippen LogP contribution in [0, 0.1) is 0 Å². The summed E-state index contributed by atoms with van der Waals surface area (Å²) in [5, 5.41) is 23.2. The third kappa shape index (κ3) is 4.13. The van der Waals surface area contributed by atoms with Gasteiger partial charge in [-0.05, 0) is 56.5 Å². The van der Waals surface area contributed by atoms with E-state index in [1.807, 2.05) is 60.8 Å². The number of aliphatic hydroxyl groups excluding tert-OH is 1. The third-order valence-electron chi connectivity index (χ3n) is 7.66. The first-order valence-electron chi connectivity index (χ1n) is 12.9. The van der Waals surface area contributed by atoms with Crippen molar-refractivity contribution in [2.45, 2.75) is 38.6 Å². The van der Waals surface area contributed by atoms with Gasteiger partial charge in [0.2, 0.25) is 0 Å². The van der Waals surface area contributed by atoms with Gasteiger partial charge in [0, 0.05) is 37.1 Å². The Hall–Kier alpha value is -3.93. The molecule has 2 N–H and O–H groups in total. The number of rotatable bonds is 5. The Kier molecular flexibility index (Phi) is 6.09. The molecular weight excluding hydrogens is 500 g/mol. The zero-order valence-corrected chi connectivity index (χ0v) is 22.5. The number of hydrogen-bond acceptors (Lipinski definition) is 7. The van der Waals surface area contributed by atoms with Crippen molar-refractivity contribution in [2.24, 2.45) is 7.05 Å². The number of nitrogens with zero attached hydrogens (tertiary/aromatic N) is 6. The van der Waals surface area contributed by atoms with E-state index in [0.717, 1.165) is 32.9 Å². The van der Waals surface area contributed by atoms with Gasteiger partial charge < -0.3 is 29.2 Å². The number of imidazole rings is 1. The molecule has 0 saturated carbocycles. The molecule has 39 heavy (non-hydrogen) atoms. The number of carbonyl (C=O) groups excluding carboxylic acids is 1. The number of aryl methyl sites for hydroxylation is 2. The molecule has 0 radical (unpaired) electrons. The van der Waals surface area contributed by atoms with E-state index in [4.69, 9.17) is 14.5 Å². The van der Waals surface area contributed by atoms with Crippen LogP contribution in [0.1, 0.15) is 42.0 Å². The fraction of sp³-hybridized carbons (Fsp3) is 0.393. The maximum absolute atomic E-state index is 14.0. The predicted molar refractivity (Wildman–Crippen MR) is 143 cm³/mol. The normalized spacial score (nSPS) is 16.3. The number of morpholine rings is 1. The van der Waals surface area contributed by atoms with Crippen LogP contribution >= 0.6 is 0 Å². The van der Waals surface area contributed by atoms with Gasteiger partial charge in [-0.15, -0.1) is 0 Å². The molecule has 4 aromatic rings. The average Bonchev–Trinajstić information content (AvgIpc) is 3.65. The Morgan fingerprint density at radius 1 is 1.23 bits per heavy atom. The van der Waals surface area contributed by atoms with Gasteiger partial charge in [0.05, 0.1) is 49.1 Å². The maximum atomic E-state index is 14.0.